The molecule has 0 saturated heterocycles. The van der Waals surface area contributed by atoms with E-state index in [1.165, 1.54) is 0 Å². The van der Waals surface area contributed by atoms with Crippen molar-refractivity contribution in [3.63, 3.8) is 0 Å². The first-order valence-electron chi connectivity index (χ1n) is 6.53. The van der Waals surface area contributed by atoms with Crippen molar-refractivity contribution in [2.45, 2.75) is 33.2 Å². The van der Waals surface area contributed by atoms with Gasteiger partial charge in [0.1, 0.15) is 17.3 Å². The molecule has 0 saturated carbocycles. The van der Waals surface area contributed by atoms with Gasteiger partial charge in [0.2, 0.25) is 0 Å². The van der Waals surface area contributed by atoms with E-state index in [1.807, 2.05) is 20.8 Å². The van der Waals surface area contributed by atoms with Gasteiger partial charge < -0.3 is 10.0 Å². The number of anilines is 1. The molecule has 0 heterocycles. The summed E-state index contributed by atoms with van der Waals surface area (Å²) in [5, 5.41) is 8.52. The van der Waals surface area contributed by atoms with E-state index in [0.29, 0.717) is 6.54 Å². The van der Waals surface area contributed by atoms with Crippen molar-refractivity contribution in [2.75, 3.05) is 11.4 Å². The van der Waals surface area contributed by atoms with Gasteiger partial charge in [-0.15, -0.1) is 0 Å². The van der Waals surface area contributed by atoms with Crippen LogP contribution in [0, 0.1) is 11.6 Å². The first-order chi connectivity index (χ1) is 9.36. The second kappa shape index (κ2) is 7.03. The minimum absolute atomic E-state index is 0.0284. The molecule has 1 N–H and O–H groups in total. The molecule has 5 heteroatoms. The van der Waals surface area contributed by atoms with Crippen LogP contribution in [-0.4, -0.2) is 23.7 Å². The van der Waals surface area contributed by atoms with Crippen LogP contribution < -0.4 is 4.90 Å². The normalized spacial score (nSPS) is 11.3. The number of aliphatic carboxylic acids is 1. The Labute approximate surface area is 117 Å². The monoisotopic (exact) mass is 283 g/mol. The molecule has 0 amide bonds. The third kappa shape index (κ3) is 4.05. The predicted octanol–water partition coefficient (Wildman–Crippen LogP) is 3.69. The summed E-state index contributed by atoms with van der Waals surface area (Å²) in [6, 6.07) is 2.26. The van der Waals surface area contributed by atoms with E-state index in [2.05, 4.69) is 0 Å². The molecule has 0 atom stereocenters. The van der Waals surface area contributed by atoms with Gasteiger partial charge in [-0.1, -0.05) is 6.92 Å². The lowest BCUT2D eigenvalue weighted by Gasteiger charge is -2.29. The highest BCUT2D eigenvalue weighted by molar-refractivity contribution is 5.85. The van der Waals surface area contributed by atoms with Gasteiger partial charge in [-0.2, -0.15) is 0 Å². The standard InChI is InChI=1S/C15H19F2NO2/c1-4-7-18(10(2)3)15-12(16)8-11(9-13(15)17)5-6-14(19)20/h5-6,8-10H,4,7H2,1-3H3,(H,19,20). The summed E-state index contributed by atoms with van der Waals surface area (Å²) in [6.45, 7) is 6.23. The maximum absolute atomic E-state index is 14.1. The Morgan fingerprint density at radius 3 is 2.30 bits per heavy atom. The van der Waals surface area contributed by atoms with E-state index in [-0.39, 0.29) is 17.3 Å². The van der Waals surface area contributed by atoms with Crippen molar-refractivity contribution < 1.29 is 18.7 Å². The predicted molar refractivity (Wildman–Crippen MR) is 75.8 cm³/mol. The zero-order valence-corrected chi connectivity index (χ0v) is 11.9. The zero-order valence-electron chi connectivity index (χ0n) is 11.9. The number of rotatable bonds is 6. The van der Waals surface area contributed by atoms with Gasteiger partial charge in [0.25, 0.3) is 0 Å². The molecule has 0 aromatic heterocycles. The number of carboxylic acids is 1. The molecule has 3 nitrogen and oxygen atoms in total. The van der Waals surface area contributed by atoms with E-state index in [4.69, 9.17) is 5.11 Å². The lowest BCUT2D eigenvalue weighted by Crippen LogP contribution is -2.33. The number of hydrogen-bond acceptors (Lipinski definition) is 2. The van der Waals surface area contributed by atoms with Crippen molar-refractivity contribution in [2.24, 2.45) is 0 Å². The lowest BCUT2D eigenvalue weighted by atomic mass is 10.1. The van der Waals surface area contributed by atoms with Crippen LogP contribution in [-0.2, 0) is 4.79 Å². The maximum atomic E-state index is 14.1. The minimum Gasteiger partial charge on any atom is -0.478 e. The number of carbonyl (C=O) groups is 1. The quantitative estimate of drug-likeness (QED) is 0.809. The van der Waals surface area contributed by atoms with Crippen LogP contribution in [0.5, 0.6) is 0 Å². The summed E-state index contributed by atoms with van der Waals surface area (Å²) in [4.78, 5) is 12.1. The Morgan fingerprint density at radius 1 is 1.35 bits per heavy atom. The molecule has 1 rings (SSSR count). The molecule has 0 unspecified atom stereocenters. The van der Waals surface area contributed by atoms with Gasteiger partial charge in [0.05, 0.1) is 0 Å². The Kier molecular flexibility index (Phi) is 5.67. The maximum Gasteiger partial charge on any atom is 0.328 e. The fourth-order valence-corrected chi connectivity index (χ4v) is 1.99. The summed E-state index contributed by atoms with van der Waals surface area (Å²) in [6.07, 6.45) is 2.79. The SMILES string of the molecule is CCCN(c1c(F)cc(C=CC(=O)O)cc1F)C(C)C. The zero-order chi connectivity index (χ0) is 15.3. The van der Waals surface area contributed by atoms with Gasteiger partial charge in [-0.3, -0.25) is 0 Å². The second-order valence-corrected chi connectivity index (χ2v) is 4.79. The fourth-order valence-electron chi connectivity index (χ4n) is 1.99. The van der Waals surface area contributed by atoms with E-state index >= 15 is 0 Å². The number of halogens is 2. The van der Waals surface area contributed by atoms with E-state index in [1.54, 1.807) is 4.90 Å². The van der Waals surface area contributed by atoms with Crippen molar-refractivity contribution >= 4 is 17.7 Å². The van der Waals surface area contributed by atoms with Crippen molar-refractivity contribution in [1.82, 2.24) is 0 Å². The highest BCUT2D eigenvalue weighted by Crippen LogP contribution is 2.27. The van der Waals surface area contributed by atoms with Gasteiger partial charge in [0, 0.05) is 18.7 Å². The highest BCUT2D eigenvalue weighted by Gasteiger charge is 2.19. The van der Waals surface area contributed by atoms with Crippen LogP contribution in [0.3, 0.4) is 0 Å². The van der Waals surface area contributed by atoms with Crippen LogP contribution in [0.15, 0.2) is 18.2 Å². The fraction of sp³-hybridized carbons (Fsp3) is 0.400. The molecule has 1 aromatic rings. The Bertz CT molecular complexity index is 490. The second-order valence-electron chi connectivity index (χ2n) is 4.79. The summed E-state index contributed by atoms with van der Waals surface area (Å²) >= 11 is 0. The van der Waals surface area contributed by atoms with E-state index < -0.39 is 17.6 Å². The molecule has 0 fully saturated rings. The summed E-state index contributed by atoms with van der Waals surface area (Å²) < 4.78 is 28.2. The van der Waals surface area contributed by atoms with Crippen LogP contribution in [0.25, 0.3) is 6.08 Å². The number of hydrogen-bond donors (Lipinski definition) is 1. The first-order valence-corrected chi connectivity index (χ1v) is 6.53. The Morgan fingerprint density at radius 2 is 1.90 bits per heavy atom. The van der Waals surface area contributed by atoms with Crippen molar-refractivity contribution in [1.29, 1.82) is 0 Å². The number of nitrogens with zero attached hydrogens (tertiary/aromatic N) is 1. The summed E-state index contributed by atoms with van der Waals surface area (Å²) in [5.74, 6) is -2.53. The summed E-state index contributed by atoms with van der Waals surface area (Å²) in [5.41, 5.74) is 0.126. The van der Waals surface area contributed by atoms with Crippen molar-refractivity contribution in [3.05, 3.63) is 35.4 Å². The van der Waals surface area contributed by atoms with Gasteiger partial charge in [-0.25, -0.2) is 13.6 Å². The van der Waals surface area contributed by atoms with Crippen molar-refractivity contribution in [3.8, 4) is 0 Å². The number of carboxylic acid groups (broad SMARTS) is 1. The minimum atomic E-state index is -1.16. The van der Waals surface area contributed by atoms with Gasteiger partial charge >= 0.3 is 5.97 Å². The molecular formula is C15H19F2NO2. The molecule has 0 aliphatic heterocycles. The number of benzene rings is 1. The molecule has 0 spiro atoms. The molecule has 20 heavy (non-hydrogen) atoms. The topological polar surface area (TPSA) is 40.5 Å². The molecule has 0 aliphatic carbocycles. The molecule has 0 aliphatic rings. The van der Waals surface area contributed by atoms with Gasteiger partial charge in [-0.05, 0) is 44.0 Å². The average Bonchev–Trinajstić information content (AvgIpc) is 2.34. The van der Waals surface area contributed by atoms with E-state index in [9.17, 15) is 13.6 Å². The molecule has 0 bridgehead atoms. The molecule has 0 radical (unpaired) electrons. The largest absolute Gasteiger partial charge is 0.478 e. The Hall–Kier alpha value is -1.91. The molecule has 110 valence electrons. The molecule has 1 aromatic carbocycles. The Balaban J connectivity index is 3.19. The molecular weight excluding hydrogens is 264 g/mol. The van der Waals surface area contributed by atoms with Crippen LogP contribution in [0.1, 0.15) is 32.8 Å². The third-order valence-electron chi connectivity index (χ3n) is 2.83. The summed E-state index contributed by atoms with van der Waals surface area (Å²) in [7, 11) is 0. The van der Waals surface area contributed by atoms with Crippen LogP contribution in [0.2, 0.25) is 0 Å². The lowest BCUT2D eigenvalue weighted by molar-refractivity contribution is -0.131. The highest BCUT2D eigenvalue weighted by atomic mass is 19.1. The smallest absolute Gasteiger partial charge is 0.328 e. The third-order valence-corrected chi connectivity index (χ3v) is 2.83. The van der Waals surface area contributed by atoms with Crippen LogP contribution >= 0.6 is 0 Å². The average molecular weight is 283 g/mol. The first kappa shape index (κ1) is 16.1. The van der Waals surface area contributed by atoms with Crippen LogP contribution in [0.4, 0.5) is 14.5 Å². The van der Waals surface area contributed by atoms with E-state index in [0.717, 1.165) is 30.7 Å². The van der Waals surface area contributed by atoms with Gasteiger partial charge in [0.15, 0.2) is 0 Å².